The van der Waals surface area contributed by atoms with Crippen LogP contribution in [-0.2, 0) is 14.3 Å². The van der Waals surface area contributed by atoms with Crippen LogP contribution in [0, 0.1) is 5.92 Å². The quantitative estimate of drug-likeness (QED) is 0.788. The number of halogens is 1. The lowest BCUT2D eigenvalue weighted by Crippen LogP contribution is -2.52. The van der Waals surface area contributed by atoms with Crippen molar-refractivity contribution >= 4 is 11.8 Å². The van der Waals surface area contributed by atoms with Gasteiger partial charge in [-0.25, -0.2) is 4.39 Å². The molecule has 5 nitrogen and oxygen atoms in total. The molecule has 2 rings (SSSR count). The maximum atomic E-state index is 14.6. The van der Waals surface area contributed by atoms with Crippen LogP contribution in [0.5, 0.6) is 0 Å². The number of hydrogen-bond donors (Lipinski definition) is 1. The third-order valence-electron chi connectivity index (χ3n) is 4.08. The average molecular weight is 286 g/mol. The number of rotatable bonds is 6. The van der Waals surface area contributed by atoms with E-state index in [0.29, 0.717) is 38.6 Å². The van der Waals surface area contributed by atoms with Gasteiger partial charge in [0.1, 0.15) is 0 Å². The third-order valence-corrected chi connectivity index (χ3v) is 4.08. The number of piperidine rings is 1. The van der Waals surface area contributed by atoms with Gasteiger partial charge < -0.3 is 15.0 Å². The third kappa shape index (κ3) is 3.91. The second-order valence-electron chi connectivity index (χ2n) is 5.74. The van der Waals surface area contributed by atoms with Crippen LogP contribution < -0.4 is 5.32 Å². The van der Waals surface area contributed by atoms with E-state index in [-0.39, 0.29) is 18.7 Å². The van der Waals surface area contributed by atoms with Crippen LogP contribution in [0.2, 0.25) is 0 Å². The summed E-state index contributed by atoms with van der Waals surface area (Å²) in [6.45, 7) is 1.56. The smallest absolute Gasteiger partial charge is 0.257 e. The van der Waals surface area contributed by atoms with E-state index < -0.39 is 11.6 Å². The fourth-order valence-electron chi connectivity index (χ4n) is 2.40. The van der Waals surface area contributed by atoms with E-state index in [1.807, 2.05) is 0 Å². The van der Waals surface area contributed by atoms with Crippen LogP contribution in [0.3, 0.4) is 0 Å². The van der Waals surface area contributed by atoms with Crippen molar-refractivity contribution in [2.75, 3.05) is 33.4 Å². The number of carbonyl (C=O) groups excluding carboxylic acids is 2. The van der Waals surface area contributed by atoms with E-state index in [1.165, 1.54) is 0 Å². The number of amides is 2. The minimum Gasteiger partial charge on any atom is -0.384 e. The number of ether oxygens (including phenoxy) is 1. The van der Waals surface area contributed by atoms with Crippen LogP contribution in [0.15, 0.2) is 0 Å². The van der Waals surface area contributed by atoms with Gasteiger partial charge in [0.2, 0.25) is 5.91 Å². The molecule has 1 heterocycles. The van der Waals surface area contributed by atoms with Gasteiger partial charge >= 0.3 is 0 Å². The van der Waals surface area contributed by atoms with Gasteiger partial charge in [0, 0.05) is 39.6 Å². The van der Waals surface area contributed by atoms with Crippen molar-refractivity contribution in [2.45, 2.75) is 37.8 Å². The van der Waals surface area contributed by atoms with Gasteiger partial charge in [-0.2, -0.15) is 0 Å². The zero-order valence-corrected chi connectivity index (χ0v) is 12.0. The van der Waals surface area contributed by atoms with Gasteiger partial charge in [-0.3, -0.25) is 9.59 Å². The fourth-order valence-corrected chi connectivity index (χ4v) is 2.40. The second-order valence-corrected chi connectivity index (χ2v) is 5.74. The molecule has 1 saturated carbocycles. The molecule has 0 atom stereocenters. The molecular formula is C14H23FN2O3. The van der Waals surface area contributed by atoms with E-state index in [9.17, 15) is 14.0 Å². The number of likely N-dealkylation sites (tertiary alicyclic amines) is 1. The molecule has 0 aromatic heterocycles. The zero-order chi connectivity index (χ0) is 14.6. The van der Waals surface area contributed by atoms with Gasteiger partial charge in [0.15, 0.2) is 5.67 Å². The Bertz CT molecular complexity index is 363. The molecule has 0 spiro atoms. The Labute approximate surface area is 118 Å². The summed E-state index contributed by atoms with van der Waals surface area (Å²) in [6.07, 6.45) is 2.73. The van der Waals surface area contributed by atoms with Crippen molar-refractivity contribution in [3.8, 4) is 0 Å². The molecule has 2 aliphatic rings. The standard InChI is InChI=1S/C14H23FN2O3/c1-20-9-4-12(18)17-7-5-14(15,6-8-17)13(19)16-10-11-2-3-11/h11H,2-10H2,1H3,(H,16,19). The van der Waals surface area contributed by atoms with Crippen LogP contribution in [0.4, 0.5) is 4.39 Å². The zero-order valence-electron chi connectivity index (χ0n) is 12.0. The minimum absolute atomic E-state index is 0.0349. The fraction of sp³-hybridized carbons (Fsp3) is 0.857. The van der Waals surface area contributed by atoms with Crippen molar-refractivity contribution in [3.05, 3.63) is 0 Å². The highest BCUT2D eigenvalue weighted by Gasteiger charge is 2.42. The largest absolute Gasteiger partial charge is 0.384 e. The number of carbonyl (C=O) groups is 2. The predicted octanol–water partition coefficient (Wildman–Crippen LogP) is 0.880. The second kappa shape index (κ2) is 6.52. The topological polar surface area (TPSA) is 58.6 Å². The van der Waals surface area contributed by atoms with Crippen molar-refractivity contribution in [2.24, 2.45) is 5.92 Å². The molecule has 114 valence electrons. The van der Waals surface area contributed by atoms with E-state index in [1.54, 1.807) is 12.0 Å². The lowest BCUT2D eigenvalue weighted by molar-refractivity contribution is -0.142. The van der Waals surface area contributed by atoms with E-state index in [0.717, 1.165) is 12.8 Å². The minimum atomic E-state index is -1.81. The Morgan fingerprint density at radius 2 is 2.00 bits per heavy atom. The van der Waals surface area contributed by atoms with E-state index >= 15 is 0 Å². The van der Waals surface area contributed by atoms with E-state index in [4.69, 9.17) is 4.74 Å². The summed E-state index contributed by atoms with van der Waals surface area (Å²) in [5, 5.41) is 2.70. The summed E-state index contributed by atoms with van der Waals surface area (Å²) in [4.78, 5) is 25.3. The normalized spacial score (nSPS) is 21.6. The number of alkyl halides is 1. The molecule has 0 aromatic rings. The molecule has 1 aliphatic heterocycles. The first-order valence-electron chi connectivity index (χ1n) is 7.29. The summed E-state index contributed by atoms with van der Waals surface area (Å²) in [5.74, 6) is -0.000982. The molecule has 1 N–H and O–H groups in total. The summed E-state index contributed by atoms with van der Waals surface area (Å²) < 4.78 is 19.4. The van der Waals surface area contributed by atoms with Crippen molar-refractivity contribution < 1.29 is 18.7 Å². The number of nitrogens with one attached hydrogen (secondary N) is 1. The maximum Gasteiger partial charge on any atom is 0.257 e. The molecule has 20 heavy (non-hydrogen) atoms. The first-order valence-corrected chi connectivity index (χ1v) is 7.29. The van der Waals surface area contributed by atoms with Crippen LogP contribution >= 0.6 is 0 Å². The number of methoxy groups -OCH3 is 1. The average Bonchev–Trinajstić information content (AvgIpc) is 3.27. The monoisotopic (exact) mass is 286 g/mol. The van der Waals surface area contributed by atoms with Gasteiger partial charge in [0.05, 0.1) is 13.0 Å². The van der Waals surface area contributed by atoms with Gasteiger partial charge in [0.25, 0.3) is 5.91 Å². The highest BCUT2D eigenvalue weighted by Crippen LogP contribution is 2.30. The van der Waals surface area contributed by atoms with Crippen molar-refractivity contribution in [1.29, 1.82) is 0 Å². The van der Waals surface area contributed by atoms with E-state index in [2.05, 4.69) is 5.32 Å². The molecule has 0 bridgehead atoms. The first kappa shape index (κ1) is 15.2. The number of nitrogens with zero attached hydrogens (tertiary/aromatic N) is 1. The SMILES string of the molecule is COCCC(=O)N1CCC(F)(C(=O)NCC2CC2)CC1. The molecule has 6 heteroatoms. The molecule has 0 unspecified atom stereocenters. The Balaban J connectivity index is 1.76. The maximum absolute atomic E-state index is 14.6. The Hall–Kier alpha value is -1.17. The summed E-state index contributed by atoms with van der Waals surface area (Å²) >= 11 is 0. The molecule has 0 aromatic carbocycles. The molecule has 0 radical (unpaired) electrons. The van der Waals surface area contributed by atoms with Gasteiger partial charge in [-0.1, -0.05) is 0 Å². The van der Waals surface area contributed by atoms with Gasteiger partial charge in [-0.05, 0) is 18.8 Å². The predicted molar refractivity (Wildman–Crippen MR) is 71.9 cm³/mol. The van der Waals surface area contributed by atoms with Crippen LogP contribution in [0.25, 0.3) is 0 Å². The van der Waals surface area contributed by atoms with Crippen molar-refractivity contribution in [3.63, 3.8) is 0 Å². The molecule has 1 aliphatic carbocycles. The highest BCUT2D eigenvalue weighted by atomic mass is 19.1. The van der Waals surface area contributed by atoms with Crippen LogP contribution in [-0.4, -0.2) is 55.7 Å². The van der Waals surface area contributed by atoms with Gasteiger partial charge in [-0.15, -0.1) is 0 Å². The lowest BCUT2D eigenvalue weighted by atomic mass is 9.92. The van der Waals surface area contributed by atoms with Crippen LogP contribution in [0.1, 0.15) is 32.1 Å². The summed E-state index contributed by atoms with van der Waals surface area (Å²) in [5.41, 5.74) is -1.81. The lowest BCUT2D eigenvalue weighted by Gasteiger charge is -2.35. The highest BCUT2D eigenvalue weighted by molar-refractivity contribution is 5.85. The molecule has 2 amide bonds. The Morgan fingerprint density at radius 3 is 2.55 bits per heavy atom. The van der Waals surface area contributed by atoms with Crippen molar-refractivity contribution in [1.82, 2.24) is 10.2 Å². The Morgan fingerprint density at radius 1 is 1.35 bits per heavy atom. The molecule has 2 fully saturated rings. The molecular weight excluding hydrogens is 263 g/mol. The summed E-state index contributed by atoms with van der Waals surface area (Å²) in [6, 6.07) is 0. The Kier molecular flexibility index (Phi) is 4.96. The molecule has 1 saturated heterocycles. The number of hydrogen-bond acceptors (Lipinski definition) is 3. The first-order chi connectivity index (χ1) is 9.55. The summed E-state index contributed by atoms with van der Waals surface area (Å²) in [7, 11) is 1.54.